The summed E-state index contributed by atoms with van der Waals surface area (Å²) in [5.41, 5.74) is 3.72. The molecule has 0 aliphatic rings. The summed E-state index contributed by atoms with van der Waals surface area (Å²) in [4.78, 5) is 34.5. The van der Waals surface area contributed by atoms with Gasteiger partial charge in [-0.3, -0.25) is 14.2 Å². The zero-order valence-corrected chi connectivity index (χ0v) is 19.2. The van der Waals surface area contributed by atoms with Crippen molar-refractivity contribution in [1.29, 1.82) is 0 Å². The summed E-state index contributed by atoms with van der Waals surface area (Å²) >= 11 is 3.22. The van der Waals surface area contributed by atoms with Crippen molar-refractivity contribution < 1.29 is 4.79 Å². The number of ketones is 1. The quantitative estimate of drug-likeness (QED) is 0.358. The second kappa shape index (κ2) is 8.28. The number of fused-ring (bicyclic) bond motifs is 1. The van der Waals surface area contributed by atoms with Gasteiger partial charge < -0.3 is 0 Å². The van der Waals surface area contributed by atoms with E-state index in [1.54, 1.807) is 27.2 Å². The lowest BCUT2D eigenvalue weighted by Crippen LogP contribution is -2.28. The molecular formula is C24H24N2O2S2. The highest BCUT2D eigenvalue weighted by Crippen LogP contribution is 2.38. The van der Waals surface area contributed by atoms with Crippen molar-refractivity contribution in [3.63, 3.8) is 0 Å². The number of carbonyl (C=O) groups excluding carboxylic acids is 1. The van der Waals surface area contributed by atoms with Crippen LogP contribution in [0, 0.1) is 13.8 Å². The maximum absolute atomic E-state index is 13.6. The number of benzene rings is 1. The van der Waals surface area contributed by atoms with Crippen LogP contribution in [0.25, 0.3) is 20.7 Å². The second-order valence-corrected chi connectivity index (χ2v) is 9.44. The van der Waals surface area contributed by atoms with Crippen LogP contribution in [0.2, 0.25) is 0 Å². The number of hydrogen-bond acceptors (Lipinski definition) is 5. The zero-order valence-electron chi connectivity index (χ0n) is 17.6. The third-order valence-electron chi connectivity index (χ3n) is 5.50. The molecule has 0 radical (unpaired) electrons. The van der Waals surface area contributed by atoms with E-state index in [4.69, 9.17) is 4.98 Å². The molecule has 1 aromatic carbocycles. The summed E-state index contributed by atoms with van der Waals surface area (Å²) in [7, 11) is 0. The van der Waals surface area contributed by atoms with Crippen molar-refractivity contribution in [2.75, 3.05) is 0 Å². The molecule has 4 rings (SSSR count). The standard InChI is InChI=1S/C24H24N2O2S2/c1-5-18-21(19-8-7-11-29-19)22-23(30-18)25-20(6-2)26(24(22)28)13-17(27)16-10-9-14(3)15(4)12-16/h7-12H,5-6,13H2,1-4H3. The Morgan fingerprint density at radius 2 is 1.90 bits per heavy atom. The Morgan fingerprint density at radius 1 is 1.10 bits per heavy atom. The third-order valence-corrected chi connectivity index (χ3v) is 7.61. The van der Waals surface area contributed by atoms with Gasteiger partial charge in [0, 0.05) is 27.3 Å². The first kappa shape index (κ1) is 20.7. The average molecular weight is 437 g/mol. The van der Waals surface area contributed by atoms with Gasteiger partial charge in [-0.25, -0.2) is 4.98 Å². The Labute approximate surface area is 183 Å². The highest BCUT2D eigenvalue weighted by Gasteiger charge is 2.22. The molecule has 30 heavy (non-hydrogen) atoms. The van der Waals surface area contributed by atoms with Crippen LogP contribution < -0.4 is 5.56 Å². The number of thiophene rings is 2. The second-order valence-electron chi connectivity index (χ2n) is 7.41. The first-order valence-corrected chi connectivity index (χ1v) is 11.8. The fourth-order valence-electron chi connectivity index (χ4n) is 3.69. The van der Waals surface area contributed by atoms with Crippen LogP contribution in [0.15, 0.2) is 40.5 Å². The SMILES string of the molecule is CCc1sc2nc(CC)n(CC(=O)c3ccc(C)c(C)c3)c(=O)c2c1-c1cccs1. The molecule has 4 nitrogen and oxygen atoms in total. The zero-order chi connectivity index (χ0) is 21.4. The van der Waals surface area contributed by atoms with Gasteiger partial charge in [-0.1, -0.05) is 32.0 Å². The summed E-state index contributed by atoms with van der Waals surface area (Å²) in [6, 6.07) is 9.73. The van der Waals surface area contributed by atoms with E-state index in [2.05, 4.69) is 6.92 Å². The van der Waals surface area contributed by atoms with Gasteiger partial charge >= 0.3 is 0 Å². The maximum atomic E-state index is 13.6. The first-order valence-electron chi connectivity index (χ1n) is 10.1. The van der Waals surface area contributed by atoms with Crippen LogP contribution in [0.4, 0.5) is 0 Å². The van der Waals surface area contributed by atoms with E-state index < -0.39 is 0 Å². The molecule has 0 bridgehead atoms. The molecule has 0 amide bonds. The van der Waals surface area contributed by atoms with E-state index in [1.165, 1.54) is 0 Å². The highest BCUT2D eigenvalue weighted by molar-refractivity contribution is 7.20. The van der Waals surface area contributed by atoms with Crippen LogP contribution in [0.1, 0.15) is 46.0 Å². The van der Waals surface area contributed by atoms with E-state index in [-0.39, 0.29) is 17.9 Å². The predicted octanol–water partition coefficient (Wildman–Crippen LogP) is 5.81. The Bertz CT molecular complexity index is 1300. The summed E-state index contributed by atoms with van der Waals surface area (Å²) in [6.07, 6.45) is 1.44. The molecule has 0 saturated carbocycles. The topological polar surface area (TPSA) is 52.0 Å². The molecule has 0 saturated heterocycles. The van der Waals surface area contributed by atoms with Crippen molar-refractivity contribution in [3.05, 3.63) is 73.5 Å². The Balaban J connectivity index is 1.88. The molecule has 0 N–H and O–H groups in total. The van der Waals surface area contributed by atoms with Crippen molar-refractivity contribution in [2.24, 2.45) is 0 Å². The molecule has 3 aromatic heterocycles. The lowest BCUT2D eigenvalue weighted by Gasteiger charge is -2.12. The van der Waals surface area contributed by atoms with E-state index in [1.807, 2.05) is 56.5 Å². The van der Waals surface area contributed by atoms with Crippen LogP contribution in [0.3, 0.4) is 0 Å². The summed E-state index contributed by atoms with van der Waals surface area (Å²) in [5.74, 6) is 0.589. The van der Waals surface area contributed by atoms with Crippen molar-refractivity contribution in [1.82, 2.24) is 9.55 Å². The monoisotopic (exact) mass is 436 g/mol. The van der Waals surface area contributed by atoms with Gasteiger partial charge in [-0.05, 0) is 48.9 Å². The third kappa shape index (κ3) is 3.55. The minimum Gasteiger partial charge on any atom is -0.292 e. The minimum absolute atomic E-state index is 0.00856. The molecule has 4 aromatic rings. The molecule has 0 aliphatic heterocycles. The number of rotatable bonds is 6. The van der Waals surface area contributed by atoms with E-state index in [0.29, 0.717) is 23.2 Å². The number of Topliss-reactive ketones (excluding diaryl/α,β-unsaturated/α-hetero) is 1. The van der Waals surface area contributed by atoms with Crippen LogP contribution in [-0.4, -0.2) is 15.3 Å². The summed E-state index contributed by atoms with van der Waals surface area (Å²) in [5, 5.41) is 2.66. The van der Waals surface area contributed by atoms with Crippen molar-refractivity contribution >= 4 is 38.7 Å². The molecule has 0 atom stereocenters. The van der Waals surface area contributed by atoms with Crippen molar-refractivity contribution in [2.45, 2.75) is 47.1 Å². The van der Waals surface area contributed by atoms with Gasteiger partial charge in [0.15, 0.2) is 5.78 Å². The van der Waals surface area contributed by atoms with E-state index >= 15 is 0 Å². The fraction of sp³-hybridized carbons (Fsp3) is 0.292. The fourth-order valence-corrected chi connectivity index (χ4v) is 5.69. The first-order chi connectivity index (χ1) is 14.4. The maximum Gasteiger partial charge on any atom is 0.263 e. The molecule has 0 fully saturated rings. The van der Waals surface area contributed by atoms with Gasteiger partial charge in [0.1, 0.15) is 10.7 Å². The van der Waals surface area contributed by atoms with Gasteiger partial charge in [-0.2, -0.15) is 0 Å². The van der Waals surface area contributed by atoms with Gasteiger partial charge in [0.05, 0.1) is 11.9 Å². The molecule has 154 valence electrons. The average Bonchev–Trinajstić information content (AvgIpc) is 3.38. The number of aryl methyl sites for hydroxylation is 4. The normalized spacial score (nSPS) is 11.3. The largest absolute Gasteiger partial charge is 0.292 e. The Hall–Kier alpha value is -2.57. The molecule has 0 unspecified atom stereocenters. The van der Waals surface area contributed by atoms with Crippen LogP contribution >= 0.6 is 22.7 Å². The van der Waals surface area contributed by atoms with Crippen LogP contribution in [0.5, 0.6) is 0 Å². The summed E-state index contributed by atoms with van der Waals surface area (Å²) < 4.78 is 1.57. The molecule has 0 aliphatic carbocycles. The summed E-state index contributed by atoms with van der Waals surface area (Å²) in [6.45, 7) is 8.10. The lowest BCUT2D eigenvalue weighted by molar-refractivity contribution is 0.0969. The van der Waals surface area contributed by atoms with Crippen molar-refractivity contribution in [3.8, 4) is 10.4 Å². The Morgan fingerprint density at radius 3 is 2.53 bits per heavy atom. The smallest absolute Gasteiger partial charge is 0.263 e. The molecular weight excluding hydrogens is 412 g/mol. The molecule has 6 heteroatoms. The lowest BCUT2D eigenvalue weighted by atomic mass is 10.0. The predicted molar refractivity (Wildman–Crippen MR) is 126 cm³/mol. The van der Waals surface area contributed by atoms with Gasteiger partial charge in [0.25, 0.3) is 5.56 Å². The van der Waals surface area contributed by atoms with E-state index in [9.17, 15) is 9.59 Å². The van der Waals surface area contributed by atoms with E-state index in [0.717, 1.165) is 37.7 Å². The van der Waals surface area contributed by atoms with Gasteiger partial charge in [-0.15, -0.1) is 22.7 Å². The minimum atomic E-state index is -0.117. The van der Waals surface area contributed by atoms with Gasteiger partial charge in [0.2, 0.25) is 0 Å². The number of carbonyl (C=O) groups is 1. The number of aromatic nitrogens is 2. The molecule has 3 heterocycles. The number of nitrogens with zero attached hydrogens (tertiary/aromatic N) is 2. The highest BCUT2D eigenvalue weighted by atomic mass is 32.1. The number of hydrogen-bond donors (Lipinski definition) is 0. The Kier molecular flexibility index (Phi) is 5.71. The van der Waals surface area contributed by atoms with Crippen LogP contribution in [-0.2, 0) is 19.4 Å². The molecule has 0 spiro atoms.